The average Bonchev–Trinajstić information content (AvgIpc) is 2.63. The predicted octanol–water partition coefficient (Wildman–Crippen LogP) is 3.19. The number of para-hydroxylation sites is 1. The number of aliphatic carboxylic acids is 1. The van der Waals surface area contributed by atoms with Crippen LogP contribution >= 0.6 is 0 Å². The molecular formula is C15H13NO2. The lowest BCUT2D eigenvalue weighted by atomic mass is 10.1. The van der Waals surface area contributed by atoms with Crippen molar-refractivity contribution < 1.29 is 9.90 Å². The number of aryl methyl sites for hydroxylation is 1. The smallest absolute Gasteiger partial charge is 0.323 e. The van der Waals surface area contributed by atoms with Gasteiger partial charge in [-0.15, -0.1) is 0 Å². The summed E-state index contributed by atoms with van der Waals surface area (Å²) in [5.74, 6) is -0.820. The van der Waals surface area contributed by atoms with Crippen molar-refractivity contribution in [2.75, 3.05) is 0 Å². The van der Waals surface area contributed by atoms with E-state index < -0.39 is 5.97 Å². The zero-order valence-electron chi connectivity index (χ0n) is 10.1. The molecule has 0 spiro atoms. The molecule has 0 fully saturated rings. The number of hydrogen-bond donors (Lipinski definition) is 1. The van der Waals surface area contributed by atoms with Crippen LogP contribution in [-0.4, -0.2) is 15.6 Å². The summed E-state index contributed by atoms with van der Waals surface area (Å²) in [5, 5.41) is 11.3. The van der Waals surface area contributed by atoms with Gasteiger partial charge >= 0.3 is 5.97 Å². The Kier molecular flexibility index (Phi) is 2.33. The summed E-state index contributed by atoms with van der Waals surface area (Å²) >= 11 is 0. The molecule has 0 radical (unpaired) electrons. The zero-order chi connectivity index (χ0) is 12.7. The zero-order valence-corrected chi connectivity index (χ0v) is 10.1. The van der Waals surface area contributed by atoms with Crippen molar-refractivity contribution in [3.05, 3.63) is 48.0 Å². The molecule has 2 aromatic carbocycles. The normalized spacial score (nSPS) is 11.2. The lowest BCUT2D eigenvalue weighted by Gasteiger charge is -2.03. The van der Waals surface area contributed by atoms with Crippen molar-refractivity contribution in [2.24, 2.45) is 0 Å². The molecule has 3 aromatic rings. The minimum atomic E-state index is -0.820. The maximum Gasteiger partial charge on any atom is 0.323 e. The summed E-state index contributed by atoms with van der Waals surface area (Å²) in [6.45, 7) is 2.01. The predicted molar refractivity (Wildman–Crippen MR) is 71.8 cm³/mol. The summed E-state index contributed by atoms with van der Waals surface area (Å²) in [7, 11) is 0. The van der Waals surface area contributed by atoms with Crippen molar-refractivity contribution in [3.8, 4) is 0 Å². The van der Waals surface area contributed by atoms with Crippen LogP contribution in [0.25, 0.3) is 21.8 Å². The van der Waals surface area contributed by atoms with Crippen molar-refractivity contribution in [1.29, 1.82) is 0 Å². The van der Waals surface area contributed by atoms with Gasteiger partial charge in [0.15, 0.2) is 0 Å². The van der Waals surface area contributed by atoms with E-state index in [4.69, 9.17) is 5.11 Å². The van der Waals surface area contributed by atoms with Gasteiger partial charge in [-0.25, -0.2) is 0 Å². The average molecular weight is 239 g/mol. The summed E-state index contributed by atoms with van der Waals surface area (Å²) in [5.41, 5.74) is 3.09. The van der Waals surface area contributed by atoms with E-state index in [-0.39, 0.29) is 6.54 Å². The van der Waals surface area contributed by atoms with Crippen LogP contribution in [0.4, 0.5) is 0 Å². The Morgan fingerprint density at radius 3 is 2.61 bits per heavy atom. The lowest BCUT2D eigenvalue weighted by Crippen LogP contribution is -2.08. The van der Waals surface area contributed by atoms with Crippen LogP contribution in [0.5, 0.6) is 0 Å². The highest BCUT2D eigenvalue weighted by Gasteiger charge is 2.11. The van der Waals surface area contributed by atoms with E-state index in [2.05, 4.69) is 12.1 Å². The largest absolute Gasteiger partial charge is 0.480 e. The molecule has 3 nitrogen and oxygen atoms in total. The third-order valence-electron chi connectivity index (χ3n) is 3.22. The van der Waals surface area contributed by atoms with Crippen LogP contribution in [0.2, 0.25) is 0 Å². The number of fused-ring (bicyclic) bond motifs is 3. The molecule has 0 aliphatic carbocycles. The van der Waals surface area contributed by atoms with Gasteiger partial charge in [0, 0.05) is 21.8 Å². The molecule has 0 aliphatic heterocycles. The van der Waals surface area contributed by atoms with Gasteiger partial charge in [0.05, 0.1) is 0 Å². The highest BCUT2D eigenvalue weighted by Crippen LogP contribution is 2.29. The number of hydrogen-bond acceptors (Lipinski definition) is 1. The number of rotatable bonds is 2. The van der Waals surface area contributed by atoms with Crippen LogP contribution in [0.3, 0.4) is 0 Å². The Morgan fingerprint density at radius 1 is 1.11 bits per heavy atom. The lowest BCUT2D eigenvalue weighted by molar-refractivity contribution is -0.137. The molecule has 0 saturated carbocycles. The highest BCUT2D eigenvalue weighted by atomic mass is 16.4. The van der Waals surface area contributed by atoms with E-state index >= 15 is 0 Å². The molecule has 0 atom stereocenters. The Morgan fingerprint density at radius 2 is 1.83 bits per heavy atom. The fraction of sp³-hybridized carbons (Fsp3) is 0.133. The molecule has 0 saturated heterocycles. The molecule has 3 rings (SSSR count). The third-order valence-corrected chi connectivity index (χ3v) is 3.22. The van der Waals surface area contributed by atoms with Crippen molar-refractivity contribution in [3.63, 3.8) is 0 Å². The molecule has 90 valence electrons. The van der Waals surface area contributed by atoms with E-state index in [0.717, 1.165) is 27.4 Å². The maximum absolute atomic E-state index is 11.0. The first-order valence-corrected chi connectivity index (χ1v) is 5.86. The van der Waals surface area contributed by atoms with E-state index in [1.165, 1.54) is 0 Å². The first-order chi connectivity index (χ1) is 8.66. The molecule has 1 heterocycles. The highest BCUT2D eigenvalue weighted by molar-refractivity contribution is 6.08. The van der Waals surface area contributed by atoms with Gasteiger partial charge in [-0.1, -0.05) is 30.3 Å². The quantitative estimate of drug-likeness (QED) is 0.746. The van der Waals surface area contributed by atoms with E-state index in [1.807, 2.05) is 41.8 Å². The van der Waals surface area contributed by atoms with Gasteiger partial charge in [0.25, 0.3) is 0 Å². The Labute approximate surface area is 104 Å². The fourth-order valence-corrected chi connectivity index (χ4v) is 2.46. The molecule has 0 unspecified atom stereocenters. The van der Waals surface area contributed by atoms with Crippen LogP contribution in [0.15, 0.2) is 42.5 Å². The standard InChI is InChI=1S/C15H13NO2/c1-10-6-7-12-11-4-2-3-5-13(11)16(9-15(17)18)14(12)8-10/h2-8H,9H2,1H3,(H,17,18). The summed E-state index contributed by atoms with van der Waals surface area (Å²) < 4.78 is 1.86. The van der Waals surface area contributed by atoms with Crippen molar-refractivity contribution in [1.82, 2.24) is 4.57 Å². The van der Waals surface area contributed by atoms with Crippen LogP contribution < -0.4 is 0 Å². The van der Waals surface area contributed by atoms with Crippen molar-refractivity contribution in [2.45, 2.75) is 13.5 Å². The number of nitrogens with zero attached hydrogens (tertiary/aromatic N) is 1. The van der Waals surface area contributed by atoms with Crippen molar-refractivity contribution >= 4 is 27.8 Å². The number of carboxylic acid groups (broad SMARTS) is 1. The topological polar surface area (TPSA) is 42.2 Å². The molecule has 3 heteroatoms. The molecule has 0 amide bonds. The first kappa shape index (κ1) is 10.8. The fourth-order valence-electron chi connectivity index (χ4n) is 2.46. The molecule has 0 aliphatic rings. The number of carboxylic acids is 1. The third kappa shape index (κ3) is 1.56. The summed E-state index contributed by atoms with van der Waals surface area (Å²) in [6.07, 6.45) is 0. The Bertz CT molecular complexity index is 756. The summed E-state index contributed by atoms with van der Waals surface area (Å²) in [6, 6.07) is 14.1. The van der Waals surface area contributed by atoms with Gasteiger partial charge in [0.1, 0.15) is 6.54 Å². The monoisotopic (exact) mass is 239 g/mol. The SMILES string of the molecule is Cc1ccc2c3ccccc3n(CC(=O)O)c2c1. The maximum atomic E-state index is 11.0. The second-order valence-electron chi connectivity index (χ2n) is 4.52. The molecule has 0 bridgehead atoms. The molecule has 18 heavy (non-hydrogen) atoms. The van der Waals surface area contributed by atoms with Crippen LogP contribution in [-0.2, 0) is 11.3 Å². The Balaban J connectivity index is 2.46. The molecule has 1 aromatic heterocycles. The van der Waals surface area contributed by atoms with Gasteiger partial charge < -0.3 is 9.67 Å². The number of aromatic nitrogens is 1. The minimum absolute atomic E-state index is 0.00648. The van der Waals surface area contributed by atoms with Crippen LogP contribution in [0.1, 0.15) is 5.56 Å². The number of carbonyl (C=O) groups is 1. The second-order valence-corrected chi connectivity index (χ2v) is 4.52. The molecular weight excluding hydrogens is 226 g/mol. The number of benzene rings is 2. The molecule has 1 N–H and O–H groups in total. The van der Waals surface area contributed by atoms with Gasteiger partial charge in [-0.05, 0) is 24.6 Å². The van der Waals surface area contributed by atoms with E-state index in [0.29, 0.717) is 0 Å². The first-order valence-electron chi connectivity index (χ1n) is 5.86. The summed E-state index contributed by atoms with van der Waals surface area (Å²) in [4.78, 5) is 11.0. The van der Waals surface area contributed by atoms with Gasteiger partial charge in [0.2, 0.25) is 0 Å². The minimum Gasteiger partial charge on any atom is -0.480 e. The van der Waals surface area contributed by atoms with Gasteiger partial charge in [-0.3, -0.25) is 4.79 Å². The Hall–Kier alpha value is -2.29. The van der Waals surface area contributed by atoms with E-state index in [9.17, 15) is 4.79 Å². The van der Waals surface area contributed by atoms with E-state index in [1.54, 1.807) is 0 Å². The van der Waals surface area contributed by atoms with Crippen LogP contribution in [0, 0.1) is 6.92 Å². The second kappa shape index (κ2) is 3.88. The van der Waals surface area contributed by atoms with Gasteiger partial charge in [-0.2, -0.15) is 0 Å².